The first-order valence-electron chi connectivity index (χ1n) is 12.0. The normalized spacial score (nSPS) is 9.97. The molecule has 0 saturated heterocycles. The van der Waals surface area contributed by atoms with Gasteiger partial charge in [-0.1, -0.05) is 92.9 Å². The third-order valence-corrected chi connectivity index (χ3v) is 5.74. The van der Waals surface area contributed by atoms with Crippen molar-refractivity contribution >= 4 is 29.1 Å². The summed E-state index contributed by atoms with van der Waals surface area (Å²) >= 11 is 12.3. The lowest BCUT2D eigenvalue weighted by atomic mass is 9.93. The number of carbonyl (C=O) groups is 1. The lowest BCUT2D eigenvalue weighted by molar-refractivity contribution is 0.0945. The fourth-order valence-corrected chi connectivity index (χ4v) is 4.19. The van der Waals surface area contributed by atoms with Crippen molar-refractivity contribution < 1.29 is 9.90 Å². The smallest absolute Gasteiger partial charge is 0.268 e. The summed E-state index contributed by atoms with van der Waals surface area (Å²) in [6, 6.07) is 19.4. The van der Waals surface area contributed by atoms with Crippen LogP contribution in [0.4, 0.5) is 0 Å². The van der Waals surface area contributed by atoms with Gasteiger partial charge < -0.3 is 15.4 Å². The van der Waals surface area contributed by atoms with E-state index in [2.05, 4.69) is 22.2 Å². The first-order valence-corrected chi connectivity index (χ1v) is 12.7. The molecule has 2 aromatic heterocycles. The van der Waals surface area contributed by atoms with Gasteiger partial charge >= 0.3 is 0 Å². The van der Waals surface area contributed by atoms with Crippen molar-refractivity contribution in [3.8, 4) is 22.3 Å². The molecule has 4 rings (SSSR count). The van der Waals surface area contributed by atoms with E-state index in [9.17, 15) is 4.79 Å². The molecular weight excluding hydrogens is 493 g/mol. The van der Waals surface area contributed by atoms with E-state index in [4.69, 9.17) is 28.3 Å². The first kappa shape index (κ1) is 29.1. The number of nitrogens with one attached hydrogen (secondary N) is 2. The van der Waals surface area contributed by atoms with Gasteiger partial charge in [0.05, 0.1) is 0 Å². The minimum absolute atomic E-state index is 0.152. The molecule has 0 aliphatic heterocycles. The maximum absolute atomic E-state index is 13.1. The van der Waals surface area contributed by atoms with Crippen molar-refractivity contribution in [2.24, 2.45) is 0 Å². The molecular formula is C29H33Cl2N3O2. The number of aliphatic hydroxyl groups excluding tert-OH is 1. The molecule has 0 atom stereocenters. The molecule has 1 amide bonds. The van der Waals surface area contributed by atoms with E-state index in [1.165, 1.54) is 0 Å². The van der Waals surface area contributed by atoms with Crippen LogP contribution in [-0.2, 0) is 13.0 Å². The van der Waals surface area contributed by atoms with Gasteiger partial charge in [-0.3, -0.25) is 4.79 Å². The molecule has 190 valence electrons. The van der Waals surface area contributed by atoms with Crippen LogP contribution < -0.4 is 5.32 Å². The second-order valence-corrected chi connectivity index (χ2v) is 8.36. The second-order valence-electron chi connectivity index (χ2n) is 7.54. The number of aromatic amines is 1. The highest BCUT2D eigenvalue weighted by molar-refractivity contribution is 6.30. The number of amides is 1. The summed E-state index contributed by atoms with van der Waals surface area (Å²) in [7, 11) is 1.00. The summed E-state index contributed by atoms with van der Waals surface area (Å²) in [6.45, 7) is 6.50. The summed E-state index contributed by atoms with van der Waals surface area (Å²) in [6.07, 6.45) is 5.33. The van der Waals surface area contributed by atoms with Crippen LogP contribution in [-0.4, -0.2) is 28.1 Å². The van der Waals surface area contributed by atoms with Gasteiger partial charge in [-0.2, -0.15) is 0 Å². The molecule has 2 heterocycles. The number of halogens is 2. The van der Waals surface area contributed by atoms with Crippen LogP contribution in [0.25, 0.3) is 22.3 Å². The Balaban J connectivity index is 0.00000109. The largest absolute Gasteiger partial charge is 0.400 e. The molecule has 7 heteroatoms. The van der Waals surface area contributed by atoms with E-state index in [1.807, 2.05) is 80.7 Å². The zero-order valence-electron chi connectivity index (χ0n) is 21.1. The van der Waals surface area contributed by atoms with Crippen molar-refractivity contribution in [3.05, 3.63) is 100 Å². The minimum atomic E-state index is -0.152. The molecule has 36 heavy (non-hydrogen) atoms. The number of aliphatic hydroxyl groups is 1. The van der Waals surface area contributed by atoms with Gasteiger partial charge in [0.15, 0.2) is 0 Å². The summed E-state index contributed by atoms with van der Waals surface area (Å²) in [5, 5.41) is 11.1. The fourth-order valence-electron chi connectivity index (χ4n) is 3.82. The molecule has 0 bridgehead atoms. The summed E-state index contributed by atoms with van der Waals surface area (Å²) in [5.74, 6) is -0.152. The molecule has 0 spiro atoms. The van der Waals surface area contributed by atoms with Crippen LogP contribution in [0.1, 0.15) is 48.8 Å². The number of rotatable bonds is 7. The standard InChI is InChI=1S/C26H23Cl2N3O.C2H6.CH4O/c1-2-7-20-23(21-13-24(28)29-15-22(21)18-9-4-3-5-10-18)16-30-25(20)26(32)31-14-17-8-6-11-19(27)12-17;2*1-2/h3-6,8-13,15-16,30H,2,7,14H2,1H3,(H,31,32);1-2H3;2H,1H3. The van der Waals surface area contributed by atoms with Gasteiger partial charge in [-0.25, -0.2) is 4.98 Å². The van der Waals surface area contributed by atoms with E-state index >= 15 is 0 Å². The average Bonchev–Trinajstić information content (AvgIpc) is 3.34. The SMILES string of the molecule is CC.CCCc1c(-c2cc(Cl)ncc2-c2ccccc2)c[nH]c1C(=O)NCc1cccc(Cl)c1.CO. The number of hydrogen-bond donors (Lipinski definition) is 3. The lowest BCUT2D eigenvalue weighted by Gasteiger charge is -2.12. The van der Waals surface area contributed by atoms with E-state index in [1.54, 1.807) is 6.20 Å². The van der Waals surface area contributed by atoms with Crippen LogP contribution in [0.15, 0.2) is 73.1 Å². The van der Waals surface area contributed by atoms with Crippen molar-refractivity contribution in [2.45, 2.75) is 40.2 Å². The Hall–Kier alpha value is -3.12. The van der Waals surface area contributed by atoms with E-state index in [-0.39, 0.29) is 5.91 Å². The molecule has 0 aliphatic carbocycles. The van der Waals surface area contributed by atoms with Crippen LogP contribution in [0.5, 0.6) is 0 Å². The number of benzene rings is 2. The van der Waals surface area contributed by atoms with E-state index < -0.39 is 0 Å². The van der Waals surface area contributed by atoms with Crippen molar-refractivity contribution in [1.82, 2.24) is 15.3 Å². The third kappa shape index (κ3) is 7.44. The summed E-state index contributed by atoms with van der Waals surface area (Å²) in [4.78, 5) is 20.5. The predicted molar refractivity (Wildman–Crippen MR) is 151 cm³/mol. The van der Waals surface area contributed by atoms with Crippen LogP contribution in [0, 0.1) is 0 Å². The molecule has 4 aromatic rings. The zero-order valence-corrected chi connectivity index (χ0v) is 22.6. The van der Waals surface area contributed by atoms with Crippen molar-refractivity contribution in [1.29, 1.82) is 0 Å². The Morgan fingerprint density at radius 3 is 2.36 bits per heavy atom. The highest BCUT2D eigenvalue weighted by Gasteiger charge is 2.20. The van der Waals surface area contributed by atoms with E-state index in [0.717, 1.165) is 53.3 Å². The van der Waals surface area contributed by atoms with Gasteiger partial charge in [0.25, 0.3) is 5.91 Å². The van der Waals surface area contributed by atoms with Gasteiger partial charge in [-0.15, -0.1) is 0 Å². The molecule has 0 fully saturated rings. The quantitative estimate of drug-likeness (QED) is 0.217. The van der Waals surface area contributed by atoms with Gasteiger partial charge in [0, 0.05) is 42.2 Å². The number of H-pyrrole nitrogens is 1. The van der Waals surface area contributed by atoms with Crippen molar-refractivity contribution in [3.63, 3.8) is 0 Å². The van der Waals surface area contributed by atoms with Gasteiger partial charge in [-0.05, 0) is 46.9 Å². The molecule has 0 radical (unpaired) electrons. The monoisotopic (exact) mass is 525 g/mol. The maximum atomic E-state index is 13.1. The number of hydrogen-bond acceptors (Lipinski definition) is 3. The Bertz CT molecular complexity index is 1240. The van der Waals surface area contributed by atoms with Gasteiger partial charge in [0.2, 0.25) is 0 Å². The molecule has 5 nitrogen and oxygen atoms in total. The van der Waals surface area contributed by atoms with Crippen LogP contribution in [0.2, 0.25) is 10.2 Å². The fraction of sp³-hybridized carbons (Fsp3) is 0.241. The Labute approximate surface area is 223 Å². The minimum Gasteiger partial charge on any atom is -0.400 e. The highest BCUT2D eigenvalue weighted by atomic mass is 35.5. The number of pyridine rings is 1. The Morgan fingerprint density at radius 2 is 1.69 bits per heavy atom. The van der Waals surface area contributed by atoms with Gasteiger partial charge in [0.1, 0.15) is 10.8 Å². The van der Waals surface area contributed by atoms with E-state index in [0.29, 0.717) is 22.4 Å². The topological polar surface area (TPSA) is 78.0 Å². The summed E-state index contributed by atoms with van der Waals surface area (Å²) < 4.78 is 0. The summed E-state index contributed by atoms with van der Waals surface area (Å²) in [5.41, 5.74) is 6.40. The third-order valence-electron chi connectivity index (χ3n) is 5.30. The molecule has 0 saturated carbocycles. The Morgan fingerprint density at radius 1 is 0.972 bits per heavy atom. The average molecular weight is 527 g/mol. The lowest BCUT2D eigenvalue weighted by Crippen LogP contribution is -2.24. The van der Waals surface area contributed by atoms with Crippen molar-refractivity contribution in [2.75, 3.05) is 7.11 Å². The molecule has 2 aromatic carbocycles. The maximum Gasteiger partial charge on any atom is 0.268 e. The van der Waals surface area contributed by atoms with Crippen LogP contribution >= 0.6 is 23.2 Å². The molecule has 0 aliphatic rings. The molecule has 0 unspecified atom stereocenters. The number of nitrogens with zero attached hydrogens (tertiary/aromatic N) is 1. The number of carbonyl (C=O) groups excluding carboxylic acids is 1. The number of aromatic nitrogens is 2. The first-order chi connectivity index (χ1) is 17.6. The zero-order chi connectivity index (χ0) is 26.5. The molecule has 3 N–H and O–H groups in total. The predicted octanol–water partition coefficient (Wildman–Crippen LogP) is 7.57. The highest BCUT2D eigenvalue weighted by Crippen LogP contribution is 2.36. The second kappa shape index (κ2) is 15.1. The van der Waals surface area contributed by atoms with Crippen LogP contribution in [0.3, 0.4) is 0 Å². The Kier molecular flexibility index (Phi) is 12.2.